The predicted octanol–water partition coefficient (Wildman–Crippen LogP) is 3.97. The van der Waals surface area contributed by atoms with Crippen LogP contribution in [0.3, 0.4) is 0 Å². The molecule has 148 valence electrons. The zero-order valence-corrected chi connectivity index (χ0v) is 17.2. The number of rotatable bonds is 4. The highest BCUT2D eigenvalue weighted by atomic mass is 32.2. The van der Waals surface area contributed by atoms with Crippen molar-refractivity contribution >= 4 is 26.6 Å². The van der Waals surface area contributed by atoms with Crippen molar-refractivity contribution < 1.29 is 8.42 Å². The summed E-state index contributed by atoms with van der Waals surface area (Å²) in [6.45, 7) is 4.95. The summed E-state index contributed by atoms with van der Waals surface area (Å²) in [6, 6.07) is 12.4. The normalized spacial score (nSPS) is 15.4. The van der Waals surface area contributed by atoms with Gasteiger partial charge in [-0.1, -0.05) is 12.1 Å². The molecule has 0 saturated heterocycles. The number of fused-ring (bicyclic) bond motifs is 1. The maximum Gasteiger partial charge on any atom is 0.243 e. The predicted molar refractivity (Wildman–Crippen MR) is 113 cm³/mol. The lowest BCUT2D eigenvalue weighted by atomic mass is 10.0. The molecule has 0 atom stereocenters. The first kappa shape index (κ1) is 19.4. The second-order valence-electron chi connectivity index (χ2n) is 7.40. The molecule has 7 heteroatoms. The van der Waals surface area contributed by atoms with Crippen LogP contribution in [-0.2, 0) is 10.0 Å². The van der Waals surface area contributed by atoms with Gasteiger partial charge in [-0.2, -0.15) is 9.57 Å². The van der Waals surface area contributed by atoms with Crippen LogP contribution in [-0.4, -0.2) is 35.4 Å². The fourth-order valence-electron chi connectivity index (χ4n) is 3.72. The maximum absolute atomic E-state index is 13.0. The van der Waals surface area contributed by atoms with Crippen molar-refractivity contribution in [1.82, 2.24) is 13.9 Å². The molecule has 0 aliphatic carbocycles. The molecule has 0 spiro atoms. The van der Waals surface area contributed by atoms with Crippen molar-refractivity contribution in [2.75, 3.05) is 13.1 Å². The number of hydrogen-bond donors (Lipinski definition) is 0. The summed E-state index contributed by atoms with van der Waals surface area (Å²) in [5.74, 6) is 0. The summed E-state index contributed by atoms with van der Waals surface area (Å²) in [5.41, 5.74) is 3.54. The summed E-state index contributed by atoms with van der Waals surface area (Å²) in [5, 5.41) is 10.1. The minimum Gasteiger partial charge on any atom is -0.329 e. The molecule has 0 N–H and O–H groups in total. The molecule has 0 radical (unpaired) electrons. The number of benzene rings is 1. The molecule has 0 bridgehead atoms. The van der Waals surface area contributed by atoms with Gasteiger partial charge in [0, 0.05) is 42.5 Å². The summed E-state index contributed by atoms with van der Waals surface area (Å²) in [4.78, 5) is 4.69. The van der Waals surface area contributed by atoms with E-state index in [0.29, 0.717) is 25.1 Å². The fourth-order valence-corrected chi connectivity index (χ4v) is 5.15. The van der Waals surface area contributed by atoms with Gasteiger partial charge in [0.2, 0.25) is 10.0 Å². The van der Waals surface area contributed by atoms with E-state index in [9.17, 15) is 8.42 Å². The van der Waals surface area contributed by atoms with Gasteiger partial charge < -0.3 is 4.57 Å². The fraction of sp³-hybridized carbons (Fsp3) is 0.273. The Morgan fingerprint density at radius 3 is 2.72 bits per heavy atom. The van der Waals surface area contributed by atoms with Crippen molar-refractivity contribution in [3.8, 4) is 6.07 Å². The number of nitrogens with zero attached hydrogens (tertiary/aromatic N) is 4. The summed E-state index contributed by atoms with van der Waals surface area (Å²) >= 11 is 0. The molecule has 1 aromatic carbocycles. The van der Waals surface area contributed by atoms with Crippen LogP contribution in [0.4, 0.5) is 0 Å². The van der Waals surface area contributed by atoms with E-state index in [4.69, 9.17) is 5.26 Å². The van der Waals surface area contributed by atoms with Crippen LogP contribution >= 0.6 is 0 Å². The van der Waals surface area contributed by atoms with Gasteiger partial charge in [0.25, 0.3) is 0 Å². The van der Waals surface area contributed by atoms with E-state index in [1.54, 1.807) is 18.3 Å². The Balaban J connectivity index is 1.66. The molecule has 0 saturated carbocycles. The monoisotopic (exact) mass is 406 g/mol. The van der Waals surface area contributed by atoms with Crippen LogP contribution < -0.4 is 0 Å². The van der Waals surface area contributed by atoms with Gasteiger partial charge in [0.1, 0.15) is 5.65 Å². The average Bonchev–Trinajstić information content (AvgIpc) is 3.14. The molecular formula is C22H22N4O2S. The second kappa shape index (κ2) is 7.47. The molecular weight excluding hydrogens is 384 g/mol. The Morgan fingerprint density at radius 2 is 2.03 bits per heavy atom. The van der Waals surface area contributed by atoms with Crippen molar-refractivity contribution in [2.45, 2.75) is 31.2 Å². The van der Waals surface area contributed by atoms with Gasteiger partial charge in [-0.05, 0) is 56.2 Å². The molecule has 3 aromatic rings. The average molecular weight is 407 g/mol. The Bertz CT molecular complexity index is 1250. The Morgan fingerprint density at radius 1 is 1.21 bits per heavy atom. The number of aromatic nitrogens is 2. The van der Waals surface area contributed by atoms with Gasteiger partial charge in [-0.15, -0.1) is 0 Å². The van der Waals surface area contributed by atoms with Crippen LogP contribution in [0.15, 0.2) is 59.8 Å². The minimum atomic E-state index is -3.63. The minimum absolute atomic E-state index is 0.161. The first-order valence-corrected chi connectivity index (χ1v) is 11.0. The molecule has 3 heterocycles. The van der Waals surface area contributed by atoms with Gasteiger partial charge in [0.05, 0.1) is 16.5 Å². The van der Waals surface area contributed by atoms with Crippen LogP contribution in [0, 0.1) is 11.3 Å². The van der Waals surface area contributed by atoms with Crippen molar-refractivity contribution in [1.29, 1.82) is 5.26 Å². The lowest BCUT2D eigenvalue weighted by Crippen LogP contribution is -2.34. The van der Waals surface area contributed by atoms with E-state index in [2.05, 4.69) is 35.7 Å². The second-order valence-corrected chi connectivity index (χ2v) is 9.34. The van der Waals surface area contributed by atoms with E-state index < -0.39 is 10.0 Å². The highest BCUT2D eigenvalue weighted by molar-refractivity contribution is 7.89. The molecule has 0 unspecified atom stereocenters. The molecule has 6 nitrogen and oxygen atoms in total. The van der Waals surface area contributed by atoms with Gasteiger partial charge >= 0.3 is 0 Å². The van der Waals surface area contributed by atoms with E-state index in [-0.39, 0.29) is 10.9 Å². The zero-order valence-electron chi connectivity index (χ0n) is 16.4. The molecule has 0 amide bonds. The summed E-state index contributed by atoms with van der Waals surface area (Å²) in [6.07, 6.45) is 6.53. The molecule has 1 aliphatic heterocycles. The van der Waals surface area contributed by atoms with E-state index in [1.165, 1.54) is 16.4 Å². The maximum atomic E-state index is 13.0. The number of sulfonamides is 1. The molecule has 29 heavy (non-hydrogen) atoms. The van der Waals surface area contributed by atoms with Crippen LogP contribution in [0.2, 0.25) is 0 Å². The van der Waals surface area contributed by atoms with Gasteiger partial charge in [-0.25, -0.2) is 13.4 Å². The topological polar surface area (TPSA) is 79.0 Å². The zero-order chi connectivity index (χ0) is 20.6. The van der Waals surface area contributed by atoms with Crippen LogP contribution in [0.1, 0.15) is 37.4 Å². The highest BCUT2D eigenvalue weighted by Crippen LogP contribution is 2.32. The van der Waals surface area contributed by atoms with Crippen molar-refractivity contribution in [2.24, 2.45) is 0 Å². The number of nitriles is 1. The van der Waals surface area contributed by atoms with Gasteiger partial charge in [-0.3, -0.25) is 0 Å². The highest BCUT2D eigenvalue weighted by Gasteiger charge is 2.27. The standard InChI is InChI=1S/C22H22N4O2S/c1-16(2)26-15-21(20-7-4-10-24-22(20)26)18-8-11-25(12-9-18)29(27,28)19-6-3-5-17(13-19)14-23/h3-8,10,13,15-16H,9,11-12H2,1-2H3. The Kier molecular flexibility index (Phi) is 4.99. The summed E-state index contributed by atoms with van der Waals surface area (Å²) < 4.78 is 29.6. The van der Waals surface area contributed by atoms with E-state index in [1.807, 2.05) is 18.2 Å². The molecule has 1 aliphatic rings. The Labute approximate surface area is 170 Å². The molecule has 4 rings (SSSR count). The third-order valence-corrected chi connectivity index (χ3v) is 7.13. The van der Waals surface area contributed by atoms with E-state index >= 15 is 0 Å². The first-order chi connectivity index (χ1) is 13.9. The lowest BCUT2D eigenvalue weighted by Gasteiger charge is -2.26. The SMILES string of the molecule is CC(C)n1cc(C2=CCN(S(=O)(=O)c3cccc(C#N)c3)CC2)c2cccnc21. The molecule has 0 fully saturated rings. The van der Waals surface area contributed by atoms with Crippen LogP contribution in [0.5, 0.6) is 0 Å². The van der Waals surface area contributed by atoms with Gasteiger partial charge in [0.15, 0.2) is 0 Å². The number of pyridine rings is 1. The third kappa shape index (κ3) is 3.46. The number of hydrogen-bond acceptors (Lipinski definition) is 4. The summed E-state index contributed by atoms with van der Waals surface area (Å²) in [7, 11) is -3.63. The smallest absolute Gasteiger partial charge is 0.243 e. The Hall–Kier alpha value is -2.95. The van der Waals surface area contributed by atoms with Crippen LogP contribution in [0.25, 0.3) is 16.6 Å². The third-order valence-electron chi connectivity index (χ3n) is 5.26. The van der Waals surface area contributed by atoms with Crippen molar-refractivity contribution in [3.05, 3.63) is 66.0 Å². The first-order valence-electron chi connectivity index (χ1n) is 9.57. The molecule has 2 aromatic heterocycles. The lowest BCUT2D eigenvalue weighted by molar-refractivity contribution is 0.441. The largest absolute Gasteiger partial charge is 0.329 e. The van der Waals surface area contributed by atoms with E-state index in [0.717, 1.165) is 22.2 Å². The quantitative estimate of drug-likeness (QED) is 0.657. The van der Waals surface area contributed by atoms with Crippen molar-refractivity contribution in [3.63, 3.8) is 0 Å².